The van der Waals surface area contributed by atoms with Crippen LogP contribution in [0.1, 0.15) is 5.56 Å². The molecule has 2 aromatic carbocycles. The van der Waals surface area contributed by atoms with Gasteiger partial charge in [0.25, 0.3) is 0 Å². The first kappa shape index (κ1) is 24.9. The SMILES string of the molecule is OCCOCCOCCO[C@@]1(O)[C@H](O)[C@@H](O)[C@](O)(c2cccc3ccccc23)O[C@@H]1CO. The van der Waals surface area contributed by atoms with Gasteiger partial charge >= 0.3 is 0 Å². The Balaban J connectivity index is 1.72. The summed E-state index contributed by atoms with van der Waals surface area (Å²) in [5.74, 6) is -4.91. The van der Waals surface area contributed by atoms with Gasteiger partial charge in [-0.1, -0.05) is 42.5 Å². The Hall–Kier alpha value is -1.70. The maximum atomic E-state index is 11.3. The van der Waals surface area contributed by atoms with Crippen molar-refractivity contribution in [2.75, 3.05) is 46.2 Å². The van der Waals surface area contributed by atoms with Gasteiger partial charge in [0.1, 0.15) is 18.3 Å². The fourth-order valence-electron chi connectivity index (χ4n) is 3.76. The highest BCUT2D eigenvalue weighted by molar-refractivity contribution is 5.86. The Bertz CT molecular complexity index is 854. The van der Waals surface area contributed by atoms with E-state index in [1.807, 2.05) is 18.2 Å². The van der Waals surface area contributed by atoms with Gasteiger partial charge < -0.3 is 49.6 Å². The molecular formula is C22H30O10. The molecule has 6 N–H and O–H groups in total. The molecule has 32 heavy (non-hydrogen) atoms. The lowest BCUT2D eigenvalue weighted by atomic mass is 9.84. The van der Waals surface area contributed by atoms with Gasteiger partial charge in [0.05, 0.1) is 46.2 Å². The van der Waals surface area contributed by atoms with Crippen LogP contribution in [0.2, 0.25) is 0 Å². The first-order valence-corrected chi connectivity index (χ1v) is 10.4. The molecule has 0 aromatic heterocycles. The maximum absolute atomic E-state index is 11.3. The zero-order valence-electron chi connectivity index (χ0n) is 17.5. The summed E-state index contributed by atoms with van der Waals surface area (Å²) in [6, 6.07) is 12.1. The summed E-state index contributed by atoms with van der Waals surface area (Å²) >= 11 is 0. The number of aliphatic hydroxyl groups excluding tert-OH is 4. The summed E-state index contributed by atoms with van der Waals surface area (Å²) in [6.07, 6.45) is -5.57. The molecule has 1 aliphatic rings. The quantitative estimate of drug-likeness (QED) is 0.180. The average Bonchev–Trinajstić information content (AvgIpc) is 2.81. The van der Waals surface area contributed by atoms with Gasteiger partial charge in [0, 0.05) is 5.56 Å². The van der Waals surface area contributed by atoms with Crippen LogP contribution in [0.15, 0.2) is 42.5 Å². The lowest BCUT2D eigenvalue weighted by Gasteiger charge is -2.51. The van der Waals surface area contributed by atoms with Crippen molar-refractivity contribution in [2.45, 2.75) is 29.9 Å². The predicted molar refractivity (Wildman–Crippen MR) is 111 cm³/mol. The lowest BCUT2D eigenvalue weighted by molar-refractivity contribution is -0.432. The second-order valence-electron chi connectivity index (χ2n) is 7.45. The van der Waals surface area contributed by atoms with Crippen LogP contribution in [0.3, 0.4) is 0 Å². The third-order valence-electron chi connectivity index (χ3n) is 5.42. The van der Waals surface area contributed by atoms with E-state index in [0.29, 0.717) is 5.39 Å². The molecule has 0 radical (unpaired) electrons. The topological polar surface area (TPSA) is 158 Å². The minimum atomic E-state index is -2.50. The minimum Gasteiger partial charge on any atom is -0.394 e. The summed E-state index contributed by atoms with van der Waals surface area (Å²) in [6.45, 7) is -0.418. The van der Waals surface area contributed by atoms with E-state index in [9.17, 15) is 25.5 Å². The van der Waals surface area contributed by atoms with Crippen molar-refractivity contribution in [2.24, 2.45) is 0 Å². The summed E-state index contributed by atoms with van der Waals surface area (Å²) in [4.78, 5) is 0. The van der Waals surface area contributed by atoms with Gasteiger partial charge in [0.2, 0.25) is 11.6 Å². The Morgan fingerprint density at radius 1 is 0.812 bits per heavy atom. The molecule has 0 unspecified atom stereocenters. The maximum Gasteiger partial charge on any atom is 0.224 e. The van der Waals surface area contributed by atoms with Crippen LogP contribution in [0.25, 0.3) is 10.8 Å². The summed E-state index contributed by atoms with van der Waals surface area (Å²) in [7, 11) is 0. The van der Waals surface area contributed by atoms with Gasteiger partial charge in [-0.05, 0) is 10.8 Å². The molecule has 5 atom stereocenters. The number of hydrogen-bond donors (Lipinski definition) is 6. The van der Waals surface area contributed by atoms with E-state index >= 15 is 0 Å². The van der Waals surface area contributed by atoms with Crippen molar-refractivity contribution in [3.63, 3.8) is 0 Å². The van der Waals surface area contributed by atoms with E-state index in [1.165, 1.54) is 6.07 Å². The first-order chi connectivity index (χ1) is 15.4. The smallest absolute Gasteiger partial charge is 0.224 e. The molecular weight excluding hydrogens is 424 g/mol. The van der Waals surface area contributed by atoms with Crippen molar-refractivity contribution in [3.05, 3.63) is 48.0 Å². The molecule has 0 saturated carbocycles. The number of aliphatic hydroxyl groups is 6. The number of fused-ring (bicyclic) bond motifs is 1. The van der Waals surface area contributed by atoms with Gasteiger partial charge in [-0.15, -0.1) is 0 Å². The minimum absolute atomic E-state index is 0.0132. The van der Waals surface area contributed by atoms with E-state index in [4.69, 9.17) is 24.1 Å². The van der Waals surface area contributed by atoms with E-state index in [1.54, 1.807) is 18.2 Å². The van der Waals surface area contributed by atoms with Gasteiger partial charge in [-0.25, -0.2) is 0 Å². The Morgan fingerprint density at radius 3 is 2.19 bits per heavy atom. The molecule has 0 aliphatic carbocycles. The van der Waals surface area contributed by atoms with Gasteiger partial charge in [-0.2, -0.15) is 0 Å². The standard InChI is InChI=1S/C22H30O10/c23-8-9-29-10-11-30-12-13-31-22(28)18(14-24)32-21(27,19(25)20(22)26)17-7-3-5-15-4-1-2-6-16(15)17/h1-7,18-20,23-28H,8-14H2/t18-,19-,20-,21+,22-/m1/s1. The molecule has 1 fully saturated rings. The van der Waals surface area contributed by atoms with Gasteiger partial charge in [0.15, 0.2) is 0 Å². The lowest BCUT2D eigenvalue weighted by Crippen LogP contribution is -2.71. The van der Waals surface area contributed by atoms with Crippen LogP contribution in [0.4, 0.5) is 0 Å². The van der Waals surface area contributed by atoms with Crippen LogP contribution < -0.4 is 0 Å². The van der Waals surface area contributed by atoms with Crippen molar-refractivity contribution >= 4 is 10.8 Å². The predicted octanol–water partition coefficient (Wildman–Crippen LogP) is -1.17. The second kappa shape index (κ2) is 10.9. The summed E-state index contributed by atoms with van der Waals surface area (Å²) in [5.41, 5.74) is 0.175. The molecule has 0 spiro atoms. The van der Waals surface area contributed by atoms with Crippen LogP contribution >= 0.6 is 0 Å². The molecule has 2 aromatic rings. The van der Waals surface area contributed by atoms with E-state index in [0.717, 1.165) is 5.39 Å². The van der Waals surface area contributed by atoms with E-state index < -0.39 is 36.5 Å². The molecule has 0 amide bonds. The Morgan fingerprint density at radius 2 is 1.47 bits per heavy atom. The number of ether oxygens (including phenoxy) is 4. The molecule has 10 heteroatoms. The highest BCUT2D eigenvalue weighted by atomic mass is 16.7. The second-order valence-corrected chi connectivity index (χ2v) is 7.45. The fraction of sp³-hybridized carbons (Fsp3) is 0.545. The van der Waals surface area contributed by atoms with E-state index in [-0.39, 0.29) is 45.2 Å². The van der Waals surface area contributed by atoms with Crippen molar-refractivity contribution < 1.29 is 49.6 Å². The van der Waals surface area contributed by atoms with Crippen LogP contribution in [-0.4, -0.2) is 101 Å². The van der Waals surface area contributed by atoms with Crippen LogP contribution in [0, 0.1) is 0 Å². The monoisotopic (exact) mass is 454 g/mol. The summed E-state index contributed by atoms with van der Waals surface area (Å²) < 4.78 is 21.2. The van der Waals surface area contributed by atoms with Crippen LogP contribution in [-0.2, 0) is 24.7 Å². The van der Waals surface area contributed by atoms with Crippen molar-refractivity contribution in [1.82, 2.24) is 0 Å². The molecule has 178 valence electrons. The number of benzene rings is 2. The highest BCUT2D eigenvalue weighted by Crippen LogP contribution is 2.43. The third kappa shape index (κ3) is 4.95. The molecule has 0 bridgehead atoms. The molecule has 10 nitrogen and oxygen atoms in total. The zero-order chi connectivity index (χ0) is 23.2. The van der Waals surface area contributed by atoms with Crippen molar-refractivity contribution in [3.8, 4) is 0 Å². The summed E-state index contributed by atoms with van der Waals surface area (Å²) in [5, 5.41) is 63.4. The van der Waals surface area contributed by atoms with E-state index in [2.05, 4.69) is 0 Å². The molecule has 1 saturated heterocycles. The number of rotatable bonds is 11. The Labute approximate surface area is 185 Å². The largest absolute Gasteiger partial charge is 0.394 e. The Kier molecular flexibility index (Phi) is 8.53. The zero-order valence-corrected chi connectivity index (χ0v) is 17.5. The van der Waals surface area contributed by atoms with Gasteiger partial charge in [-0.3, -0.25) is 0 Å². The molecule has 3 rings (SSSR count). The third-order valence-corrected chi connectivity index (χ3v) is 5.42. The highest BCUT2D eigenvalue weighted by Gasteiger charge is 2.62. The molecule has 1 aliphatic heterocycles. The number of hydrogen-bond acceptors (Lipinski definition) is 10. The normalized spacial score (nSPS) is 30.6. The van der Waals surface area contributed by atoms with Crippen molar-refractivity contribution in [1.29, 1.82) is 0 Å². The molecule has 1 heterocycles. The first-order valence-electron chi connectivity index (χ1n) is 10.4. The average molecular weight is 454 g/mol. The fourth-order valence-corrected chi connectivity index (χ4v) is 3.76. The van der Waals surface area contributed by atoms with Crippen LogP contribution in [0.5, 0.6) is 0 Å².